The van der Waals surface area contributed by atoms with Gasteiger partial charge in [-0.05, 0) is 30.7 Å². The highest BCUT2D eigenvalue weighted by Gasteiger charge is 2.22. The Balaban J connectivity index is 1.73. The first-order valence-electron chi connectivity index (χ1n) is 9.13. The third kappa shape index (κ3) is 4.31. The summed E-state index contributed by atoms with van der Waals surface area (Å²) in [5.41, 5.74) is 1.70. The second-order valence-corrected chi connectivity index (χ2v) is 9.13. The van der Waals surface area contributed by atoms with E-state index in [2.05, 4.69) is 10.2 Å². The molecule has 0 saturated heterocycles. The van der Waals surface area contributed by atoms with Crippen LogP contribution in [0.5, 0.6) is 5.75 Å². The summed E-state index contributed by atoms with van der Waals surface area (Å²) < 4.78 is 34.5. The van der Waals surface area contributed by atoms with E-state index in [0.717, 1.165) is 11.3 Å². The standard InChI is InChI=1S/C19H24N4O3S2/c1-4-22(5-2)28(24,25)16-10-11-18-20-21-19(23(18)14-16)27-13-12-26-17-9-7-6-8-15(17)3/h6-11,14H,4-5,12-13H2,1-3H3. The molecule has 0 amide bonds. The average molecular weight is 421 g/mol. The lowest BCUT2D eigenvalue weighted by atomic mass is 10.2. The van der Waals surface area contributed by atoms with Crippen molar-refractivity contribution in [1.29, 1.82) is 0 Å². The summed E-state index contributed by atoms with van der Waals surface area (Å²) in [7, 11) is -3.53. The van der Waals surface area contributed by atoms with Crippen LogP contribution in [0.3, 0.4) is 0 Å². The topological polar surface area (TPSA) is 76.8 Å². The highest BCUT2D eigenvalue weighted by atomic mass is 32.2. The number of pyridine rings is 1. The van der Waals surface area contributed by atoms with Crippen molar-refractivity contribution in [2.24, 2.45) is 0 Å². The predicted octanol–water partition coefficient (Wildman–Crippen LogP) is 3.24. The summed E-state index contributed by atoms with van der Waals surface area (Å²) in [6, 6.07) is 11.1. The molecule has 150 valence electrons. The van der Waals surface area contributed by atoms with Gasteiger partial charge in [0.15, 0.2) is 10.8 Å². The molecule has 0 aliphatic rings. The maximum Gasteiger partial charge on any atom is 0.244 e. The number of thioether (sulfide) groups is 1. The fourth-order valence-corrected chi connectivity index (χ4v) is 5.01. The van der Waals surface area contributed by atoms with Crippen LogP contribution in [0.15, 0.2) is 52.6 Å². The zero-order valence-corrected chi connectivity index (χ0v) is 17.8. The molecule has 3 aromatic rings. The number of para-hydroxylation sites is 1. The molecule has 0 unspecified atom stereocenters. The van der Waals surface area contributed by atoms with Gasteiger partial charge in [0.25, 0.3) is 0 Å². The Morgan fingerprint density at radius 3 is 2.57 bits per heavy atom. The molecule has 3 rings (SSSR count). The van der Waals surface area contributed by atoms with Crippen molar-refractivity contribution in [3.05, 3.63) is 48.2 Å². The molecule has 0 saturated carbocycles. The van der Waals surface area contributed by atoms with Crippen LogP contribution in [0.25, 0.3) is 5.65 Å². The summed E-state index contributed by atoms with van der Waals surface area (Å²) >= 11 is 1.48. The van der Waals surface area contributed by atoms with Crippen LogP contribution in [0.2, 0.25) is 0 Å². The Hall–Kier alpha value is -2.10. The molecular formula is C19H24N4O3S2. The van der Waals surface area contributed by atoms with Crippen LogP contribution >= 0.6 is 11.8 Å². The van der Waals surface area contributed by atoms with Gasteiger partial charge in [0.05, 0.1) is 11.5 Å². The van der Waals surface area contributed by atoms with Crippen molar-refractivity contribution in [3.63, 3.8) is 0 Å². The number of rotatable bonds is 9. The van der Waals surface area contributed by atoms with E-state index in [1.165, 1.54) is 16.1 Å². The highest BCUT2D eigenvalue weighted by Crippen LogP contribution is 2.22. The van der Waals surface area contributed by atoms with Gasteiger partial charge in [-0.3, -0.25) is 4.40 Å². The largest absolute Gasteiger partial charge is 0.492 e. The minimum absolute atomic E-state index is 0.238. The van der Waals surface area contributed by atoms with Gasteiger partial charge in [0.2, 0.25) is 10.0 Å². The van der Waals surface area contributed by atoms with Crippen molar-refractivity contribution in [3.8, 4) is 5.75 Å². The molecule has 1 aromatic carbocycles. The van der Waals surface area contributed by atoms with Gasteiger partial charge in [-0.15, -0.1) is 10.2 Å². The Bertz CT molecular complexity index is 1050. The molecular weight excluding hydrogens is 396 g/mol. The molecule has 0 spiro atoms. The van der Waals surface area contributed by atoms with Crippen LogP contribution in [0.1, 0.15) is 19.4 Å². The minimum atomic E-state index is -3.53. The van der Waals surface area contributed by atoms with Crippen molar-refractivity contribution in [2.45, 2.75) is 30.8 Å². The van der Waals surface area contributed by atoms with E-state index < -0.39 is 10.0 Å². The molecule has 0 bridgehead atoms. The number of fused-ring (bicyclic) bond motifs is 1. The van der Waals surface area contributed by atoms with Gasteiger partial charge < -0.3 is 4.74 Å². The predicted molar refractivity (Wildman–Crippen MR) is 110 cm³/mol. The zero-order chi connectivity index (χ0) is 20.1. The first kappa shape index (κ1) is 20.6. The molecule has 0 aliphatic heterocycles. The maximum absolute atomic E-state index is 12.8. The highest BCUT2D eigenvalue weighted by molar-refractivity contribution is 7.99. The summed E-state index contributed by atoms with van der Waals surface area (Å²) in [5.74, 6) is 1.53. The minimum Gasteiger partial charge on any atom is -0.492 e. The zero-order valence-electron chi connectivity index (χ0n) is 16.2. The molecule has 2 aromatic heterocycles. The van der Waals surface area contributed by atoms with Crippen molar-refractivity contribution >= 4 is 27.4 Å². The van der Waals surface area contributed by atoms with E-state index >= 15 is 0 Å². The lowest BCUT2D eigenvalue weighted by Crippen LogP contribution is -2.30. The molecule has 9 heteroatoms. The van der Waals surface area contributed by atoms with Crippen molar-refractivity contribution < 1.29 is 13.2 Å². The maximum atomic E-state index is 12.8. The van der Waals surface area contributed by atoms with Gasteiger partial charge >= 0.3 is 0 Å². The number of benzene rings is 1. The first-order valence-corrected chi connectivity index (χ1v) is 11.6. The monoisotopic (exact) mass is 420 g/mol. The molecule has 28 heavy (non-hydrogen) atoms. The van der Waals surface area contributed by atoms with Crippen molar-refractivity contribution in [1.82, 2.24) is 18.9 Å². The normalized spacial score (nSPS) is 12.0. The van der Waals surface area contributed by atoms with Crippen LogP contribution in [-0.2, 0) is 10.0 Å². The molecule has 0 radical (unpaired) electrons. The molecule has 7 nitrogen and oxygen atoms in total. The van der Waals surface area contributed by atoms with Gasteiger partial charge in [-0.1, -0.05) is 43.8 Å². The van der Waals surface area contributed by atoms with E-state index in [1.807, 2.05) is 45.0 Å². The van der Waals surface area contributed by atoms with Gasteiger partial charge in [0.1, 0.15) is 5.75 Å². The summed E-state index contributed by atoms with van der Waals surface area (Å²) in [6.07, 6.45) is 1.59. The summed E-state index contributed by atoms with van der Waals surface area (Å²) in [5, 5.41) is 8.94. The number of aryl methyl sites for hydroxylation is 1. The molecule has 0 fully saturated rings. The van der Waals surface area contributed by atoms with E-state index in [1.54, 1.807) is 22.7 Å². The summed E-state index contributed by atoms with van der Waals surface area (Å²) in [6.45, 7) is 7.03. The third-order valence-electron chi connectivity index (χ3n) is 4.35. The van der Waals surface area contributed by atoms with E-state index in [0.29, 0.717) is 36.3 Å². The molecule has 0 N–H and O–H groups in total. The Labute approximate surface area is 169 Å². The number of sulfonamides is 1. The van der Waals surface area contributed by atoms with Crippen LogP contribution < -0.4 is 4.74 Å². The van der Waals surface area contributed by atoms with Gasteiger partial charge in [0, 0.05) is 25.0 Å². The van der Waals surface area contributed by atoms with Crippen LogP contribution in [-0.4, -0.2) is 52.8 Å². The number of ether oxygens (including phenoxy) is 1. The second-order valence-electron chi connectivity index (χ2n) is 6.13. The number of hydrogen-bond acceptors (Lipinski definition) is 6. The quantitative estimate of drug-likeness (QED) is 0.391. The fraction of sp³-hybridized carbons (Fsp3) is 0.368. The number of hydrogen-bond donors (Lipinski definition) is 0. The van der Waals surface area contributed by atoms with E-state index in [4.69, 9.17) is 4.74 Å². The van der Waals surface area contributed by atoms with Crippen LogP contribution in [0.4, 0.5) is 0 Å². The van der Waals surface area contributed by atoms with Crippen molar-refractivity contribution in [2.75, 3.05) is 25.4 Å². The lowest BCUT2D eigenvalue weighted by Gasteiger charge is -2.18. The smallest absolute Gasteiger partial charge is 0.244 e. The van der Waals surface area contributed by atoms with Gasteiger partial charge in [-0.2, -0.15) is 4.31 Å². The van der Waals surface area contributed by atoms with E-state index in [9.17, 15) is 8.42 Å². The third-order valence-corrected chi connectivity index (χ3v) is 7.29. The number of aromatic nitrogens is 3. The first-order chi connectivity index (χ1) is 13.5. The Morgan fingerprint density at radius 2 is 1.86 bits per heavy atom. The summed E-state index contributed by atoms with van der Waals surface area (Å²) in [4.78, 5) is 0.238. The Morgan fingerprint density at radius 1 is 1.11 bits per heavy atom. The molecule has 0 atom stereocenters. The molecule has 0 aliphatic carbocycles. The van der Waals surface area contributed by atoms with E-state index in [-0.39, 0.29) is 4.90 Å². The van der Waals surface area contributed by atoms with Crippen LogP contribution in [0, 0.1) is 6.92 Å². The lowest BCUT2D eigenvalue weighted by molar-refractivity contribution is 0.341. The molecule has 2 heterocycles. The van der Waals surface area contributed by atoms with Gasteiger partial charge in [-0.25, -0.2) is 8.42 Å². The average Bonchev–Trinajstić information content (AvgIpc) is 3.09. The fourth-order valence-electron chi connectivity index (χ4n) is 2.82. The SMILES string of the molecule is CCN(CC)S(=O)(=O)c1ccc2nnc(SCCOc3ccccc3C)n2c1. The Kier molecular flexibility index (Phi) is 6.58. The second kappa shape index (κ2) is 8.93. The number of nitrogens with zero attached hydrogens (tertiary/aromatic N) is 4.